The van der Waals surface area contributed by atoms with Crippen molar-refractivity contribution < 1.29 is 17.6 Å². The number of carbonyl (C=O) groups is 1. The third kappa shape index (κ3) is 2.50. The van der Waals surface area contributed by atoms with Gasteiger partial charge < -0.3 is 0 Å². The molecule has 0 atom stereocenters. The van der Waals surface area contributed by atoms with E-state index < -0.39 is 21.7 Å². The highest BCUT2D eigenvalue weighted by molar-refractivity contribution is 7.93. The van der Waals surface area contributed by atoms with Crippen molar-refractivity contribution in [3.63, 3.8) is 0 Å². The highest BCUT2D eigenvalue weighted by atomic mass is 32.2. The van der Waals surface area contributed by atoms with Crippen LogP contribution in [0.25, 0.3) is 0 Å². The van der Waals surface area contributed by atoms with Gasteiger partial charge in [0.05, 0.1) is 4.90 Å². The summed E-state index contributed by atoms with van der Waals surface area (Å²) in [6.45, 7) is 1.12. The SMILES string of the molecule is CC(=O)N(n1cccc1)S(=O)(=O)c1cccc(F)c1. The van der Waals surface area contributed by atoms with Crippen LogP contribution >= 0.6 is 0 Å². The third-order valence-electron chi connectivity index (χ3n) is 2.39. The molecule has 0 fully saturated rings. The lowest BCUT2D eigenvalue weighted by Crippen LogP contribution is -2.43. The number of amides is 1. The molecule has 7 heteroatoms. The predicted molar refractivity (Wildman–Crippen MR) is 66.9 cm³/mol. The summed E-state index contributed by atoms with van der Waals surface area (Å²) < 4.78 is 39.5. The first-order chi connectivity index (χ1) is 8.93. The average molecular weight is 282 g/mol. The van der Waals surface area contributed by atoms with E-state index in [1.807, 2.05) is 0 Å². The number of halogens is 1. The van der Waals surface area contributed by atoms with Crippen LogP contribution in [0.15, 0.2) is 53.7 Å². The summed E-state index contributed by atoms with van der Waals surface area (Å²) in [5, 5.41) is 0. The van der Waals surface area contributed by atoms with Gasteiger partial charge in [-0.3, -0.25) is 9.47 Å². The molecule has 0 spiro atoms. The zero-order valence-corrected chi connectivity index (χ0v) is 10.8. The number of hydrogen-bond acceptors (Lipinski definition) is 3. The Hall–Kier alpha value is -2.15. The zero-order chi connectivity index (χ0) is 14.0. The summed E-state index contributed by atoms with van der Waals surface area (Å²) >= 11 is 0. The molecule has 2 aromatic rings. The van der Waals surface area contributed by atoms with E-state index in [1.54, 1.807) is 12.1 Å². The Morgan fingerprint density at radius 2 is 1.84 bits per heavy atom. The van der Waals surface area contributed by atoms with Crippen molar-refractivity contribution in [2.45, 2.75) is 11.8 Å². The van der Waals surface area contributed by atoms with Gasteiger partial charge in [0, 0.05) is 19.3 Å². The molecule has 0 saturated heterocycles. The molecule has 0 aliphatic carbocycles. The molecule has 5 nitrogen and oxygen atoms in total. The first kappa shape index (κ1) is 13.3. The second kappa shape index (κ2) is 4.85. The molecule has 1 heterocycles. The van der Waals surface area contributed by atoms with Crippen molar-refractivity contribution in [3.05, 3.63) is 54.6 Å². The van der Waals surface area contributed by atoms with Crippen LogP contribution in [0, 0.1) is 5.82 Å². The molecule has 0 unspecified atom stereocenters. The molecule has 1 amide bonds. The van der Waals surface area contributed by atoms with Crippen molar-refractivity contribution in [3.8, 4) is 0 Å². The Kier molecular flexibility index (Phi) is 3.39. The van der Waals surface area contributed by atoms with Crippen molar-refractivity contribution in [2.24, 2.45) is 0 Å². The van der Waals surface area contributed by atoms with Gasteiger partial charge in [-0.05, 0) is 30.3 Å². The maximum atomic E-state index is 13.1. The van der Waals surface area contributed by atoms with E-state index in [0.717, 1.165) is 23.7 Å². The topological polar surface area (TPSA) is 59.4 Å². The second-order valence-electron chi connectivity index (χ2n) is 3.79. The van der Waals surface area contributed by atoms with Crippen molar-refractivity contribution in [1.82, 2.24) is 4.68 Å². The minimum atomic E-state index is -4.14. The number of carbonyl (C=O) groups excluding carboxylic acids is 1. The minimum Gasteiger partial charge on any atom is -0.272 e. The number of nitrogens with zero attached hydrogens (tertiary/aromatic N) is 2. The van der Waals surface area contributed by atoms with Gasteiger partial charge in [-0.2, -0.15) is 8.42 Å². The van der Waals surface area contributed by atoms with Crippen molar-refractivity contribution in [1.29, 1.82) is 0 Å². The lowest BCUT2D eigenvalue weighted by molar-refractivity contribution is -0.116. The van der Waals surface area contributed by atoms with Gasteiger partial charge >= 0.3 is 0 Å². The average Bonchev–Trinajstić information content (AvgIpc) is 2.81. The summed E-state index contributed by atoms with van der Waals surface area (Å²) in [7, 11) is -4.14. The Labute approximate surface area is 109 Å². The first-order valence-electron chi connectivity index (χ1n) is 5.37. The summed E-state index contributed by atoms with van der Waals surface area (Å²) in [6.07, 6.45) is 2.83. The standard InChI is InChI=1S/C12H11FN2O3S/c1-10(16)15(14-7-2-3-8-14)19(17,18)12-6-4-5-11(13)9-12/h2-9H,1H3. The highest BCUT2D eigenvalue weighted by Gasteiger charge is 2.28. The van der Waals surface area contributed by atoms with Gasteiger partial charge in [0.25, 0.3) is 15.9 Å². The number of rotatable bonds is 3. The van der Waals surface area contributed by atoms with E-state index in [2.05, 4.69) is 0 Å². The Bertz CT molecular complexity index is 696. The highest BCUT2D eigenvalue weighted by Crippen LogP contribution is 2.16. The van der Waals surface area contributed by atoms with Gasteiger partial charge in [0.15, 0.2) is 0 Å². The van der Waals surface area contributed by atoms with Gasteiger partial charge in [0.2, 0.25) is 0 Å². The largest absolute Gasteiger partial charge is 0.284 e. The fourth-order valence-corrected chi connectivity index (χ4v) is 3.04. The van der Waals surface area contributed by atoms with Gasteiger partial charge in [-0.1, -0.05) is 6.07 Å². The van der Waals surface area contributed by atoms with Crippen molar-refractivity contribution >= 4 is 15.9 Å². The zero-order valence-electron chi connectivity index (χ0n) is 10.0. The predicted octanol–water partition coefficient (Wildman–Crippen LogP) is 1.50. The van der Waals surface area contributed by atoms with E-state index in [-0.39, 0.29) is 4.90 Å². The molecule has 0 N–H and O–H groups in total. The maximum absolute atomic E-state index is 13.1. The van der Waals surface area contributed by atoms with E-state index in [9.17, 15) is 17.6 Å². The molecule has 0 aliphatic heterocycles. The smallest absolute Gasteiger partial charge is 0.272 e. The normalized spacial score (nSPS) is 11.3. The summed E-state index contributed by atoms with van der Waals surface area (Å²) in [5.41, 5.74) is 0. The van der Waals surface area contributed by atoms with Gasteiger partial charge in [0.1, 0.15) is 5.82 Å². The molecule has 19 heavy (non-hydrogen) atoms. The van der Waals surface area contributed by atoms with Crippen LogP contribution in [-0.2, 0) is 14.8 Å². The molecule has 0 radical (unpaired) electrons. The monoisotopic (exact) mass is 282 g/mol. The quantitative estimate of drug-likeness (QED) is 0.857. The molecular formula is C12H11FN2O3S. The van der Waals surface area contributed by atoms with Crippen LogP contribution in [0.3, 0.4) is 0 Å². The van der Waals surface area contributed by atoms with Crippen LogP contribution in [0.1, 0.15) is 6.92 Å². The molecule has 1 aromatic carbocycles. The van der Waals surface area contributed by atoms with Gasteiger partial charge in [-0.15, -0.1) is 4.41 Å². The molecular weight excluding hydrogens is 271 g/mol. The van der Waals surface area contributed by atoms with Gasteiger partial charge in [-0.25, -0.2) is 4.39 Å². The minimum absolute atomic E-state index is 0.281. The number of sulfonamides is 1. The maximum Gasteiger partial charge on any atom is 0.284 e. The fraction of sp³-hybridized carbons (Fsp3) is 0.0833. The summed E-state index contributed by atoms with van der Waals surface area (Å²) in [4.78, 5) is 11.3. The molecule has 2 rings (SSSR count). The van der Waals surface area contributed by atoms with E-state index in [0.29, 0.717) is 4.41 Å². The lowest BCUT2D eigenvalue weighted by Gasteiger charge is -2.21. The van der Waals surface area contributed by atoms with Crippen LogP contribution in [0.5, 0.6) is 0 Å². The number of benzene rings is 1. The Balaban J connectivity index is 2.56. The van der Waals surface area contributed by atoms with E-state index in [4.69, 9.17) is 0 Å². The lowest BCUT2D eigenvalue weighted by atomic mass is 10.4. The number of hydrogen-bond donors (Lipinski definition) is 0. The molecule has 100 valence electrons. The number of aromatic nitrogens is 1. The summed E-state index contributed by atoms with van der Waals surface area (Å²) in [6, 6.07) is 7.67. The Morgan fingerprint density at radius 3 is 2.37 bits per heavy atom. The van der Waals surface area contributed by atoms with Crippen molar-refractivity contribution in [2.75, 3.05) is 4.41 Å². The van der Waals surface area contributed by atoms with Crippen LogP contribution < -0.4 is 4.41 Å². The first-order valence-corrected chi connectivity index (χ1v) is 6.81. The molecule has 0 bridgehead atoms. The molecule has 0 saturated carbocycles. The Morgan fingerprint density at radius 1 is 1.21 bits per heavy atom. The molecule has 0 aliphatic rings. The fourth-order valence-electron chi connectivity index (χ4n) is 1.63. The summed E-state index contributed by atoms with van der Waals surface area (Å²) in [5.74, 6) is -1.38. The van der Waals surface area contributed by atoms with E-state index >= 15 is 0 Å². The third-order valence-corrected chi connectivity index (χ3v) is 4.14. The second-order valence-corrected chi connectivity index (χ2v) is 5.55. The molecule has 1 aromatic heterocycles. The van der Waals surface area contributed by atoms with Crippen LogP contribution in [-0.4, -0.2) is 19.0 Å². The van der Waals surface area contributed by atoms with Crippen LogP contribution in [0.4, 0.5) is 4.39 Å². The van der Waals surface area contributed by atoms with E-state index in [1.165, 1.54) is 24.5 Å². The van der Waals surface area contributed by atoms with Crippen LogP contribution in [0.2, 0.25) is 0 Å².